The van der Waals surface area contributed by atoms with Crippen LogP contribution in [0.3, 0.4) is 0 Å². The molecule has 4 aliphatic rings. The van der Waals surface area contributed by atoms with Crippen LogP contribution in [0.25, 0.3) is 0 Å². The third-order valence-electron chi connectivity index (χ3n) is 11.5. The van der Waals surface area contributed by atoms with Gasteiger partial charge < -0.3 is 34.8 Å². The Morgan fingerprint density at radius 1 is 0.660 bits per heavy atom. The molecule has 4 aliphatic heterocycles. The summed E-state index contributed by atoms with van der Waals surface area (Å²) in [4.78, 5) is 26.0. The standard InChI is InChI=1S/C19H30N4O3.C19H32N4O.C2H6.CH4/c1-4-15-13-18(23(24)25)19(26-3)14-17(15)22-7-5-16(6-8-22)21-11-9-20(2)10-12-21;1-4-15-13-17(20)19(24-3)14-18(15)23-7-5-16(6-8-23)22-11-9-21(2)10-12-22;1-2;/h13-14,16H,4-12H2,1-3H3;13-14,16H,4-12,20H2,1-3H3;1-2H3;1H4. The lowest BCUT2D eigenvalue weighted by Gasteiger charge is -2.43. The molecule has 0 aliphatic carbocycles. The number of piperidine rings is 2. The highest BCUT2D eigenvalue weighted by atomic mass is 16.6. The molecule has 300 valence electrons. The number of ether oxygens (including phenoxy) is 2. The summed E-state index contributed by atoms with van der Waals surface area (Å²) in [5, 5.41) is 11.3. The van der Waals surface area contributed by atoms with Gasteiger partial charge in [0.2, 0.25) is 0 Å². The summed E-state index contributed by atoms with van der Waals surface area (Å²) in [6, 6.07) is 9.15. The molecule has 4 fully saturated rings. The second-order valence-corrected chi connectivity index (χ2v) is 14.5. The van der Waals surface area contributed by atoms with Crippen LogP contribution < -0.4 is 25.0 Å². The first-order chi connectivity index (χ1) is 25.1. The predicted octanol–water partition coefficient (Wildman–Crippen LogP) is 6.10. The van der Waals surface area contributed by atoms with E-state index in [-0.39, 0.29) is 18.0 Å². The van der Waals surface area contributed by atoms with Gasteiger partial charge >= 0.3 is 5.69 Å². The molecule has 6 rings (SSSR count). The van der Waals surface area contributed by atoms with E-state index in [1.807, 2.05) is 26.8 Å². The van der Waals surface area contributed by atoms with Gasteiger partial charge in [0.05, 0.1) is 24.8 Å². The summed E-state index contributed by atoms with van der Waals surface area (Å²) in [6.45, 7) is 21.9. The monoisotopic (exact) mass is 741 g/mol. The lowest BCUT2D eigenvalue weighted by Crippen LogP contribution is -2.52. The zero-order valence-electron chi connectivity index (χ0n) is 33.5. The molecule has 0 spiro atoms. The Hall–Kier alpha value is -3.32. The molecule has 0 unspecified atom stereocenters. The average Bonchev–Trinajstić information content (AvgIpc) is 3.19. The van der Waals surface area contributed by atoms with Crippen molar-refractivity contribution in [1.29, 1.82) is 0 Å². The van der Waals surface area contributed by atoms with Crippen molar-refractivity contribution in [3.8, 4) is 11.5 Å². The van der Waals surface area contributed by atoms with Gasteiger partial charge in [0.1, 0.15) is 5.75 Å². The fraction of sp³-hybridized carbons (Fsp3) is 0.707. The van der Waals surface area contributed by atoms with Crippen LogP contribution in [-0.2, 0) is 12.8 Å². The van der Waals surface area contributed by atoms with E-state index in [2.05, 4.69) is 62.6 Å². The molecule has 0 saturated carbocycles. The van der Waals surface area contributed by atoms with E-state index in [4.69, 9.17) is 15.2 Å². The number of benzene rings is 2. The van der Waals surface area contributed by atoms with Crippen molar-refractivity contribution in [2.45, 2.75) is 85.7 Å². The lowest BCUT2D eigenvalue weighted by atomic mass is 9.99. The van der Waals surface area contributed by atoms with Crippen molar-refractivity contribution >= 4 is 22.7 Å². The maximum Gasteiger partial charge on any atom is 0.311 e. The third-order valence-corrected chi connectivity index (χ3v) is 11.5. The molecule has 0 atom stereocenters. The summed E-state index contributed by atoms with van der Waals surface area (Å²) in [7, 11) is 7.60. The molecule has 2 N–H and O–H groups in total. The van der Waals surface area contributed by atoms with Gasteiger partial charge in [0.25, 0.3) is 0 Å². The van der Waals surface area contributed by atoms with Crippen molar-refractivity contribution in [3.63, 3.8) is 0 Å². The fourth-order valence-corrected chi connectivity index (χ4v) is 8.19. The Labute approximate surface area is 321 Å². The molecule has 0 radical (unpaired) electrons. The van der Waals surface area contributed by atoms with Crippen LogP contribution in [0, 0.1) is 10.1 Å². The normalized spacial score (nSPS) is 19.7. The highest BCUT2D eigenvalue weighted by molar-refractivity contribution is 5.67. The number of nitrogens with zero attached hydrogens (tertiary/aromatic N) is 7. The second kappa shape index (κ2) is 21.5. The van der Waals surface area contributed by atoms with E-state index >= 15 is 0 Å². The van der Waals surface area contributed by atoms with Gasteiger partial charge in [-0.1, -0.05) is 35.1 Å². The van der Waals surface area contributed by atoms with Crippen LogP contribution in [0.2, 0.25) is 0 Å². The summed E-state index contributed by atoms with van der Waals surface area (Å²) in [5.74, 6) is 1.15. The fourth-order valence-electron chi connectivity index (χ4n) is 8.19. The first-order valence-electron chi connectivity index (χ1n) is 19.8. The smallest absolute Gasteiger partial charge is 0.311 e. The van der Waals surface area contributed by atoms with Crippen molar-refractivity contribution in [3.05, 3.63) is 45.5 Å². The number of hydrogen-bond acceptors (Lipinski definition) is 11. The van der Waals surface area contributed by atoms with Crippen LogP contribution in [0.15, 0.2) is 24.3 Å². The Morgan fingerprint density at radius 2 is 1.04 bits per heavy atom. The Morgan fingerprint density at radius 3 is 1.40 bits per heavy atom. The lowest BCUT2D eigenvalue weighted by molar-refractivity contribution is -0.385. The molecule has 2 aromatic carbocycles. The number of nitro groups is 1. The highest BCUT2D eigenvalue weighted by Crippen LogP contribution is 2.37. The SMILES string of the molecule is C.CC.CCc1cc(N)c(OC)cc1N1CCC(N2CCN(C)CC2)CC1.CCc1cc([N+](=O)[O-])c(OC)cc1N1CCC(N2CCN(C)CC2)CC1. The third kappa shape index (κ3) is 11.3. The number of piperazine rings is 2. The number of anilines is 3. The highest BCUT2D eigenvalue weighted by Gasteiger charge is 2.30. The topological polar surface area (TPSA) is 107 Å². The zero-order chi connectivity index (χ0) is 37.8. The van der Waals surface area contributed by atoms with Gasteiger partial charge in [0.15, 0.2) is 5.75 Å². The van der Waals surface area contributed by atoms with Crippen LogP contribution in [0.4, 0.5) is 22.7 Å². The summed E-state index contributed by atoms with van der Waals surface area (Å²) in [6.07, 6.45) is 6.57. The zero-order valence-corrected chi connectivity index (χ0v) is 33.5. The summed E-state index contributed by atoms with van der Waals surface area (Å²) >= 11 is 0. The summed E-state index contributed by atoms with van der Waals surface area (Å²) in [5.41, 5.74) is 11.6. The molecule has 2 aromatic rings. The van der Waals surface area contributed by atoms with Gasteiger partial charge in [-0.25, -0.2) is 0 Å². The maximum atomic E-state index is 11.3. The van der Waals surface area contributed by atoms with E-state index in [0.717, 1.165) is 107 Å². The van der Waals surface area contributed by atoms with Gasteiger partial charge in [0, 0.05) is 120 Å². The number of nitrogen functional groups attached to an aromatic ring is 1. The molecule has 4 saturated heterocycles. The number of likely N-dealkylation sites (N-methyl/N-ethyl adjacent to an activating group) is 2. The Balaban J connectivity index is 0.000000269. The molecule has 12 heteroatoms. The number of hydrogen-bond donors (Lipinski definition) is 1. The van der Waals surface area contributed by atoms with Gasteiger partial charge in [-0.3, -0.25) is 19.9 Å². The van der Waals surface area contributed by atoms with E-state index in [1.165, 1.54) is 57.4 Å². The van der Waals surface area contributed by atoms with Crippen molar-refractivity contribution in [1.82, 2.24) is 19.6 Å². The predicted molar refractivity (Wildman–Crippen MR) is 222 cm³/mol. The molecular weight excluding hydrogens is 669 g/mol. The van der Waals surface area contributed by atoms with E-state index in [0.29, 0.717) is 11.8 Å². The molecule has 0 aromatic heterocycles. The molecule has 0 bridgehead atoms. The number of aryl methyl sites for hydroxylation is 2. The minimum absolute atomic E-state index is 0. The molecule has 12 nitrogen and oxygen atoms in total. The van der Waals surface area contributed by atoms with Crippen LogP contribution in [0.1, 0.15) is 71.9 Å². The Kier molecular flexibility index (Phi) is 17.9. The molecule has 0 amide bonds. The molecular formula is C41H72N8O4. The molecule has 53 heavy (non-hydrogen) atoms. The van der Waals surface area contributed by atoms with Crippen molar-refractivity contribution in [2.24, 2.45) is 0 Å². The number of nitro benzene ring substituents is 1. The number of nitrogens with two attached hydrogens (primary N) is 1. The average molecular weight is 741 g/mol. The van der Waals surface area contributed by atoms with Crippen LogP contribution in [-0.4, -0.2) is 143 Å². The van der Waals surface area contributed by atoms with Gasteiger partial charge in [-0.15, -0.1) is 0 Å². The first kappa shape index (κ1) is 44.1. The molecule has 4 heterocycles. The number of rotatable bonds is 9. The van der Waals surface area contributed by atoms with Crippen LogP contribution in [0.5, 0.6) is 11.5 Å². The minimum atomic E-state index is -0.360. The second-order valence-electron chi connectivity index (χ2n) is 14.5. The minimum Gasteiger partial charge on any atom is -0.495 e. The van der Waals surface area contributed by atoms with Gasteiger partial charge in [-0.05, 0) is 69.8 Å². The van der Waals surface area contributed by atoms with Crippen molar-refractivity contribution < 1.29 is 14.4 Å². The van der Waals surface area contributed by atoms with Crippen molar-refractivity contribution in [2.75, 3.05) is 122 Å². The van der Waals surface area contributed by atoms with E-state index < -0.39 is 0 Å². The largest absolute Gasteiger partial charge is 0.495 e. The summed E-state index contributed by atoms with van der Waals surface area (Å²) < 4.78 is 10.7. The quantitative estimate of drug-likeness (QED) is 0.183. The Bertz CT molecular complexity index is 1390. The van der Waals surface area contributed by atoms with E-state index in [9.17, 15) is 10.1 Å². The van der Waals surface area contributed by atoms with E-state index in [1.54, 1.807) is 13.2 Å². The maximum absolute atomic E-state index is 11.3. The van der Waals surface area contributed by atoms with Crippen LogP contribution >= 0.6 is 0 Å². The first-order valence-corrected chi connectivity index (χ1v) is 19.8. The number of methoxy groups -OCH3 is 2. The van der Waals surface area contributed by atoms with Gasteiger partial charge in [-0.2, -0.15) is 0 Å².